The first-order valence-electron chi connectivity index (χ1n) is 4.02. The third-order valence-corrected chi connectivity index (χ3v) is 2.89. The Bertz CT molecular complexity index is 275. The van der Waals surface area contributed by atoms with Gasteiger partial charge >= 0.3 is 0 Å². The molecule has 1 heterocycles. The van der Waals surface area contributed by atoms with Gasteiger partial charge in [-0.2, -0.15) is 0 Å². The standard InChI is InChI=1S/C7H14N4OS/c1-5-9-10-7(11(5)2)13-4-6(12)3-8/h6,12H,3-4,8H2,1-2H3. The Hall–Kier alpha value is -0.590. The van der Waals surface area contributed by atoms with Crippen LogP contribution in [0.15, 0.2) is 5.16 Å². The van der Waals surface area contributed by atoms with Crippen LogP contribution in [0, 0.1) is 6.92 Å². The first-order chi connectivity index (χ1) is 6.15. The summed E-state index contributed by atoms with van der Waals surface area (Å²) in [5.41, 5.74) is 5.27. The summed E-state index contributed by atoms with van der Waals surface area (Å²) >= 11 is 1.46. The van der Waals surface area contributed by atoms with Crippen LogP contribution in [-0.4, -0.2) is 38.3 Å². The highest BCUT2D eigenvalue weighted by molar-refractivity contribution is 7.99. The van der Waals surface area contributed by atoms with Crippen LogP contribution < -0.4 is 5.73 Å². The number of aliphatic hydroxyl groups is 1. The topological polar surface area (TPSA) is 77.0 Å². The van der Waals surface area contributed by atoms with Crippen LogP contribution in [-0.2, 0) is 7.05 Å². The van der Waals surface area contributed by atoms with Crippen molar-refractivity contribution in [3.8, 4) is 0 Å². The zero-order valence-corrected chi connectivity index (χ0v) is 8.58. The molecule has 0 aliphatic carbocycles. The van der Waals surface area contributed by atoms with Crippen molar-refractivity contribution in [2.75, 3.05) is 12.3 Å². The van der Waals surface area contributed by atoms with Crippen molar-refractivity contribution < 1.29 is 5.11 Å². The van der Waals surface area contributed by atoms with Gasteiger partial charge in [-0.1, -0.05) is 11.8 Å². The van der Waals surface area contributed by atoms with E-state index in [0.29, 0.717) is 5.75 Å². The summed E-state index contributed by atoms with van der Waals surface area (Å²) in [6, 6.07) is 0. The van der Waals surface area contributed by atoms with Gasteiger partial charge in [0.15, 0.2) is 5.16 Å². The molecule has 0 spiro atoms. The maximum absolute atomic E-state index is 9.21. The number of hydrogen-bond acceptors (Lipinski definition) is 5. The van der Waals surface area contributed by atoms with Crippen molar-refractivity contribution in [1.29, 1.82) is 0 Å². The number of aryl methyl sites for hydroxylation is 1. The first kappa shape index (κ1) is 10.5. The van der Waals surface area contributed by atoms with E-state index in [2.05, 4.69) is 10.2 Å². The number of nitrogens with zero attached hydrogens (tertiary/aromatic N) is 3. The molecule has 6 heteroatoms. The highest BCUT2D eigenvalue weighted by Gasteiger charge is 2.08. The number of aromatic nitrogens is 3. The second kappa shape index (κ2) is 4.59. The van der Waals surface area contributed by atoms with Gasteiger partial charge in [0.25, 0.3) is 0 Å². The average Bonchev–Trinajstić information content (AvgIpc) is 2.44. The lowest BCUT2D eigenvalue weighted by Gasteiger charge is -2.05. The monoisotopic (exact) mass is 202 g/mol. The fourth-order valence-electron chi connectivity index (χ4n) is 0.752. The van der Waals surface area contributed by atoms with Gasteiger partial charge in [0.2, 0.25) is 0 Å². The van der Waals surface area contributed by atoms with Crippen LogP contribution >= 0.6 is 11.8 Å². The molecule has 0 bridgehead atoms. The molecular formula is C7H14N4OS. The molecule has 1 rings (SSSR count). The number of hydrogen-bond donors (Lipinski definition) is 2. The molecule has 0 aliphatic heterocycles. The van der Waals surface area contributed by atoms with Gasteiger partial charge in [-0.3, -0.25) is 0 Å². The minimum absolute atomic E-state index is 0.282. The van der Waals surface area contributed by atoms with Gasteiger partial charge in [-0.25, -0.2) is 0 Å². The Kier molecular flexibility index (Phi) is 3.71. The molecule has 0 radical (unpaired) electrons. The maximum Gasteiger partial charge on any atom is 0.191 e. The van der Waals surface area contributed by atoms with Crippen molar-refractivity contribution in [2.24, 2.45) is 12.8 Å². The summed E-state index contributed by atoms with van der Waals surface area (Å²) in [5, 5.41) is 17.9. The molecule has 5 nitrogen and oxygen atoms in total. The molecule has 0 amide bonds. The summed E-state index contributed by atoms with van der Waals surface area (Å²) in [6.45, 7) is 2.17. The predicted molar refractivity (Wildman–Crippen MR) is 51.5 cm³/mol. The van der Waals surface area contributed by atoms with Gasteiger partial charge in [-0.15, -0.1) is 10.2 Å². The predicted octanol–water partition coefficient (Wildman–Crippen LogP) is -0.465. The Balaban J connectivity index is 2.50. The maximum atomic E-state index is 9.21. The summed E-state index contributed by atoms with van der Waals surface area (Å²) in [4.78, 5) is 0. The molecule has 1 atom stereocenters. The van der Waals surface area contributed by atoms with E-state index >= 15 is 0 Å². The quantitative estimate of drug-likeness (QED) is 0.646. The molecule has 1 aromatic rings. The Morgan fingerprint density at radius 3 is 2.77 bits per heavy atom. The molecule has 3 N–H and O–H groups in total. The van der Waals surface area contributed by atoms with Crippen LogP contribution in [0.5, 0.6) is 0 Å². The zero-order chi connectivity index (χ0) is 9.84. The summed E-state index contributed by atoms with van der Waals surface area (Å²) < 4.78 is 1.88. The molecule has 0 aromatic carbocycles. The number of rotatable bonds is 4. The van der Waals surface area contributed by atoms with Crippen LogP contribution in [0.3, 0.4) is 0 Å². The molecule has 1 aromatic heterocycles. The van der Waals surface area contributed by atoms with Crippen molar-refractivity contribution >= 4 is 11.8 Å². The second-order valence-corrected chi connectivity index (χ2v) is 3.78. The molecular weight excluding hydrogens is 188 g/mol. The van der Waals surface area contributed by atoms with Crippen LogP contribution in [0.1, 0.15) is 5.82 Å². The third-order valence-electron chi connectivity index (χ3n) is 1.73. The van der Waals surface area contributed by atoms with E-state index in [0.717, 1.165) is 11.0 Å². The van der Waals surface area contributed by atoms with Crippen molar-refractivity contribution in [3.05, 3.63) is 5.82 Å². The minimum atomic E-state index is -0.470. The van der Waals surface area contributed by atoms with E-state index in [-0.39, 0.29) is 6.54 Å². The summed E-state index contributed by atoms with van der Waals surface area (Å²) in [6.07, 6.45) is -0.470. The van der Waals surface area contributed by atoms with Crippen LogP contribution in [0.2, 0.25) is 0 Å². The van der Waals surface area contributed by atoms with Gasteiger partial charge < -0.3 is 15.4 Å². The largest absolute Gasteiger partial charge is 0.391 e. The minimum Gasteiger partial charge on any atom is -0.391 e. The number of thioether (sulfide) groups is 1. The van der Waals surface area contributed by atoms with Gasteiger partial charge in [-0.05, 0) is 6.92 Å². The van der Waals surface area contributed by atoms with E-state index in [1.807, 2.05) is 18.5 Å². The molecule has 1 unspecified atom stereocenters. The van der Waals surface area contributed by atoms with E-state index < -0.39 is 6.10 Å². The van der Waals surface area contributed by atoms with Gasteiger partial charge in [0.05, 0.1) is 6.10 Å². The van der Waals surface area contributed by atoms with Crippen LogP contribution in [0.4, 0.5) is 0 Å². The number of nitrogens with two attached hydrogens (primary N) is 1. The van der Waals surface area contributed by atoms with E-state index in [1.165, 1.54) is 11.8 Å². The second-order valence-electron chi connectivity index (χ2n) is 2.79. The molecule has 0 saturated carbocycles. The van der Waals surface area contributed by atoms with E-state index in [9.17, 15) is 5.11 Å². The lowest BCUT2D eigenvalue weighted by atomic mass is 10.4. The fourth-order valence-corrected chi connectivity index (χ4v) is 1.65. The smallest absolute Gasteiger partial charge is 0.191 e. The van der Waals surface area contributed by atoms with E-state index in [1.54, 1.807) is 0 Å². The average molecular weight is 202 g/mol. The van der Waals surface area contributed by atoms with Gasteiger partial charge in [0, 0.05) is 19.3 Å². The SMILES string of the molecule is Cc1nnc(SCC(O)CN)n1C. The fraction of sp³-hybridized carbons (Fsp3) is 0.714. The Morgan fingerprint density at radius 2 is 2.31 bits per heavy atom. The zero-order valence-electron chi connectivity index (χ0n) is 7.77. The van der Waals surface area contributed by atoms with E-state index in [4.69, 9.17) is 5.73 Å². The highest BCUT2D eigenvalue weighted by Crippen LogP contribution is 2.15. The first-order valence-corrected chi connectivity index (χ1v) is 5.00. The van der Waals surface area contributed by atoms with Crippen molar-refractivity contribution in [1.82, 2.24) is 14.8 Å². The lowest BCUT2D eigenvalue weighted by Crippen LogP contribution is -2.22. The molecule has 74 valence electrons. The summed E-state index contributed by atoms with van der Waals surface area (Å²) in [5.74, 6) is 1.42. The van der Waals surface area contributed by atoms with Crippen molar-refractivity contribution in [3.63, 3.8) is 0 Å². The molecule has 0 saturated heterocycles. The Morgan fingerprint density at radius 1 is 1.62 bits per heavy atom. The molecule has 0 aliphatic rings. The lowest BCUT2D eigenvalue weighted by molar-refractivity contribution is 0.208. The Labute approximate surface area is 81.3 Å². The van der Waals surface area contributed by atoms with Crippen LogP contribution in [0.25, 0.3) is 0 Å². The van der Waals surface area contributed by atoms with Gasteiger partial charge in [0.1, 0.15) is 5.82 Å². The normalized spacial score (nSPS) is 13.2. The van der Waals surface area contributed by atoms with Crippen molar-refractivity contribution in [2.45, 2.75) is 18.2 Å². The number of aliphatic hydroxyl groups excluding tert-OH is 1. The summed E-state index contributed by atoms with van der Waals surface area (Å²) in [7, 11) is 1.90. The molecule has 0 fully saturated rings. The third kappa shape index (κ3) is 2.68. The molecule has 13 heavy (non-hydrogen) atoms. The highest BCUT2D eigenvalue weighted by atomic mass is 32.2.